The second-order valence-corrected chi connectivity index (χ2v) is 5.98. The number of aryl methyl sites for hydroxylation is 1. The lowest BCUT2D eigenvalue weighted by Crippen LogP contribution is -2.37. The van der Waals surface area contributed by atoms with Gasteiger partial charge in [0, 0.05) is 38.3 Å². The Bertz CT molecular complexity index is 772. The largest absolute Gasteiger partial charge is 0.453 e. The van der Waals surface area contributed by atoms with Crippen LogP contribution in [0, 0.1) is 12.8 Å². The average molecular weight is 342 g/mol. The van der Waals surface area contributed by atoms with Crippen LogP contribution in [0.25, 0.3) is 5.78 Å². The van der Waals surface area contributed by atoms with Crippen LogP contribution in [0.15, 0.2) is 6.07 Å². The van der Waals surface area contributed by atoms with Crippen molar-refractivity contribution in [1.29, 1.82) is 0 Å². The van der Waals surface area contributed by atoms with E-state index in [0.29, 0.717) is 31.0 Å². The Morgan fingerprint density at radius 3 is 2.79 bits per heavy atom. The van der Waals surface area contributed by atoms with E-state index in [9.17, 15) is 18.0 Å². The number of rotatable bonds is 3. The number of alkyl halides is 3. The van der Waals surface area contributed by atoms with E-state index in [1.165, 1.54) is 0 Å². The van der Waals surface area contributed by atoms with Crippen molar-refractivity contribution in [3.63, 3.8) is 0 Å². The number of anilines is 1. The quantitative estimate of drug-likeness (QED) is 0.919. The zero-order valence-corrected chi connectivity index (χ0v) is 13.3. The molecule has 0 bridgehead atoms. The third-order valence-corrected chi connectivity index (χ3v) is 4.03. The van der Waals surface area contributed by atoms with Gasteiger partial charge in [-0.15, -0.1) is 5.10 Å². The molecule has 7 nitrogen and oxygen atoms in total. The summed E-state index contributed by atoms with van der Waals surface area (Å²) >= 11 is 0. The number of fused-ring (bicyclic) bond motifs is 1. The van der Waals surface area contributed by atoms with Gasteiger partial charge in [0.1, 0.15) is 5.82 Å². The molecule has 0 aromatic carbocycles. The molecule has 2 aromatic heterocycles. The van der Waals surface area contributed by atoms with Gasteiger partial charge in [0.15, 0.2) is 0 Å². The smallest absolute Gasteiger partial charge is 0.370 e. The number of piperidine rings is 1. The predicted molar refractivity (Wildman–Crippen MR) is 79.4 cm³/mol. The SMILES string of the molecule is Cc1cc(NCC2CCN(C)C(=O)C2)n2nc(C(F)(F)F)nc2n1. The number of hydrogen-bond acceptors (Lipinski definition) is 5. The van der Waals surface area contributed by atoms with Crippen molar-refractivity contribution in [2.75, 3.05) is 25.5 Å². The fourth-order valence-electron chi connectivity index (χ4n) is 2.66. The fourth-order valence-corrected chi connectivity index (χ4v) is 2.66. The average Bonchev–Trinajstić information content (AvgIpc) is 2.92. The van der Waals surface area contributed by atoms with Crippen molar-refractivity contribution in [2.45, 2.75) is 25.9 Å². The van der Waals surface area contributed by atoms with Gasteiger partial charge in [-0.3, -0.25) is 4.79 Å². The Hall–Kier alpha value is -2.39. The molecule has 1 amide bonds. The maximum absolute atomic E-state index is 12.8. The molecule has 2 aromatic rings. The molecule has 0 spiro atoms. The van der Waals surface area contributed by atoms with Gasteiger partial charge in [-0.1, -0.05) is 0 Å². The predicted octanol–water partition coefficient (Wildman–Crippen LogP) is 1.73. The van der Waals surface area contributed by atoms with E-state index in [-0.39, 0.29) is 17.6 Å². The highest BCUT2D eigenvalue weighted by Crippen LogP contribution is 2.27. The highest BCUT2D eigenvalue weighted by Gasteiger charge is 2.37. The second kappa shape index (κ2) is 5.91. The molecule has 0 radical (unpaired) electrons. The standard InChI is InChI=1S/C14H17F3N6O/c1-8-5-10(18-7-9-3-4-22(2)11(24)6-9)23-13(19-8)20-12(21-23)14(15,16)17/h5,9,18H,3-4,6-7H2,1-2H3. The summed E-state index contributed by atoms with van der Waals surface area (Å²) in [7, 11) is 1.76. The fraction of sp³-hybridized carbons (Fsp3) is 0.571. The lowest BCUT2D eigenvalue weighted by atomic mass is 9.96. The van der Waals surface area contributed by atoms with Crippen LogP contribution in [0.3, 0.4) is 0 Å². The lowest BCUT2D eigenvalue weighted by molar-refractivity contribution is -0.144. The minimum Gasteiger partial charge on any atom is -0.370 e. The van der Waals surface area contributed by atoms with Crippen molar-refractivity contribution in [2.24, 2.45) is 5.92 Å². The van der Waals surface area contributed by atoms with E-state index < -0.39 is 12.0 Å². The van der Waals surface area contributed by atoms with Crippen LogP contribution < -0.4 is 5.32 Å². The van der Waals surface area contributed by atoms with Crippen molar-refractivity contribution < 1.29 is 18.0 Å². The third kappa shape index (κ3) is 3.26. The summed E-state index contributed by atoms with van der Waals surface area (Å²) < 4.78 is 39.4. The van der Waals surface area contributed by atoms with Crippen LogP contribution in [0.2, 0.25) is 0 Å². The van der Waals surface area contributed by atoms with Crippen LogP contribution in [-0.2, 0) is 11.0 Å². The summed E-state index contributed by atoms with van der Waals surface area (Å²) in [6, 6.07) is 1.61. The maximum Gasteiger partial charge on any atom is 0.453 e. The highest BCUT2D eigenvalue weighted by molar-refractivity contribution is 5.76. The highest BCUT2D eigenvalue weighted by atomic mass is 19.4. The molecule has 1 fully saturated rings. The zero-order valence-electron chi connectivity index (χ0n) is 13.3. The number of aromatic nitrogens is 4. The summed E-state index contributed by atoms with van der Waals surface area (Å²) in [5, 5.41) is 6.58. The molecule has 0 saturated carbocycles. The van der Waals surface area contributed by atoms with Gasteiger partial charge in [-0.05, 0) is 19.3 Å². The van der Waals surface area contributed by atoms with Crippen molar-refractivity contribution >= 4 is 17.5 Å². The maximum atomic E-state index is 12.8. The number of likely N-dealkylation sites (tertiary alicyclic amines) is 1. The van der Waals surface area contributed by atoms with Gasteiger partial charge >= 0.3 is 6.18 Å². The summed E-state index contributed by atoms with van der Waals surface area (Å²) in [5.74, 6) is -0.749. The molecule has 3 heterocycles. The van der Waals surface area contributed by atoms with Crippen LogP contribution in [-0.4, -0.2) is 50.5 Å². The Labute approximate surface area is 135 Å². The molecule has 1 unspecified atom stereocenters. The molecule has 1 N–H and O–H groups in total. The first-order valence-electron chi connectivity index (χ1n) is 7.53. The van der Waals surface area contributed by atoms with E-state index in [4.69, 9.17) is 0 Å². The van der Waals surface area contributed by atoms with Crippen LogP contribution in [0.5, 0.6) is 0 Å². The van der Waals surface area contributed by atoms with E-state index >= 15 is 0 Å². The minimum atomic E-state index is -4.63. The second-order valence-electron chi connectivity index (χ2n) is 5.98. The van der Waals surface area contributed by atoms with Crippen LogP contribution in [0.1, 0.15) is 24.4 Å². The lowest BCUT2D eigenvalue weighted by Gasteiger charge is -2.29. The number of nitrogens with zero attached hydrogens (tertiary/aromatic N) is 5. The summed E-state index contributed by atoms with van der Waals surface area (Å²) in [5.41, 5.74) is 0.533. The number of amides is 1. The van der Waals surface area contributed by atoms with Gasteiger partial charge in [-0.25, -0.2) is 4.98 Å². The van der Waals surface area contributed by atoms with E-state index in [1.54, 1.807) is 24.9 Å². The molecule has 1 aliphatic rings. The van der Waals surface area contributed by atoms with Gasteiger partial charge < -0.3 is 10.2 Å². The first kappa shape index (κ1) is 16.5. The molecule has 0 aliphatic carbocycles. The Kier molecular flexibility index (Phi) is 4.06. The monoisotopic (exact) mass is 342 g/mol. The number of halogens is 3. The van der Waals surface area contributed by atoms with Gasteiger partial charge in [0.25, 0.3) is 11.6 Å². The van der Waals surface area contributed by atoms with Crippen molar-refractivity contribution in [3.05, 3.63) is 17.6 Å². The third-order valence-electron chi connectivity index (χ3n) is 4.03. The first-order valence-corrected chi connectivity index (χ1v) is 7.53. The topological polar surface area (TPSA) is 75.4 Å². The van der Waals surface area contributed by atoms with Crippen molar-refractivity contribution in [1.82, 2.24) is 24.5 Å². The van der Waals surface area contributed by atoms with Gasteiger partial charge in [0.05, 0.1) is 0 Å². The van der Waals surface area contributed by atoms with Crippen molar-refractivity contribution in [3.8, 4) is 0 Å². The number of hydrogen-bond donors (Lipinski definition) is 1. The molecule has 1 atom stereocenters. The minimum absolute atomic E-state index is 0.0734. The molecule has 1 aliphatic heterocycles. The van der Waals surface area contributed by atoms with E-state index in [1.807, 2.05) is 0 Å². The van der Waals surface area contributed by atoms with E-state index in [0.717, 1.165) is 10.9 Å². The first-order chi connectivity index (χ1) is 11.2. The van der Waals surface area contributed by atoms with Crippen LogP contribution in [0.4, 0.5) is 19.0 Å². The van der Waals surface area contributed by atoms with Gasteiger partial charge in [-0.2, -0.15) is 22.7 Å². The normalized spacial score (nSPS) is 19.1. The number of carbonyl (C=O) groups excluding carboxylic acids is 1. The summed E-state index contributed by atoms with van der Waals surface area (Å²) in [4.78, 5) is 20.8. The molecule has 3 rings (SSSR count). The molecular formula is C14H17F3N6O. The molecular weight excluding hydrogens is 325 g/mol. The van der Waals surface area contributed by atoms with E-state index in [2.05, 4.69) is 20.4 Å². The molecule has 24 heavy (non-hydrogen) atoms. The Morgan fingerprint density at radius 2 is 2.12 bits per heavy atom. The number of carbonyl (C=O) groups is 1. The summed E-state index contributed by atoms with van der Waals surface area (Å²) in [6.45, 7) is 2.82. The zero-order chi connectivity index (χ0) is 17.5. The van der Waals surface area contributed by atoms with Gasteiger partial charge in [0.2, 0.25) is 5.91 Å². The molecule has 10 heteroatoms. The summed E-state index contributed by atoms with van der Waals surface area (Å²) in [6.07, 6.45) is -3.37. The Morgan fingerprint density at radius 1 is 1.38 bits per heavy atom. The Balaban J connectivity index is 1.81. The van der Waals surface area contributed by atoms with Crippen LogP contribution >= 0.6 is 0 Å². The molecule has 130 valence electrons. The number of nitrogens with one attached hydrogen (secondary N) is 1. The molecule has 1 saturated heterocycles.